The zero-order valence-electron chi connectivity index (χ0n) is 17.7. The Morgan fingerprint density at radius 1 is 0.935 bits per heavy atom. The molecule has 0 fully saturated rings. The molecule has 3 rings (SSSR count). The Morgan fingerprint density at radius 3 is 2.10 bits per heavy atom. The summed E-state index contributed by atoms with van der Waals surface area (Å²) >= 11 is 0. The van der Waals surface area contributed by atoms with Crippen molar-refractivity contribution in [2.75, 3.05) is 13.2 Å². The summed E-state index contributed by atoms with van der Waals surface area (Å²) in [5.41, 5.74) is 1.65. The molecule has 7 nitrogen and oxygen atoms in total. The van der Waals surface area contributed by atoms with E-state index in [-0.39, 0.29) is 19.0 Å². The first-order valence-corrected chi connectivity index (χ1v) is 10.3. The lowest BCUT2D eigenvalue weighted by atomic mass is 9.97. The van der Waals surface area contributed by atoms with Crippen LogP contribution in [0, 0.1) is 5.92 Å². The van der Waals surface area contributed by atoms with E-state index in [2.05, 4.69) is 19.2 Å². The molecule has 0 unspecified atom stereocenters. The molecule has 1 atom stereocenters. The van der Waals surface area contributed by atoms with Crippen molar-refractivity contribution in [1.82, 2.24) is 10.2 Å². The molecule has 0 spiro atoms. The summed E-state index contributed by atoms with van der Waals surface area (Å²) in [6.07, 6.45) is 0.580. The van der Waals surface area contributed by atoms with Crippen LogP contribution < -0.4 is 5.32 Å². The molecular formula is C24H26N2O5. The first-order valence-electron chi connectivity index (χ1n) is 10.3. The number of hydrogen-bond acceptors (Lipinski definition) is 5. The van der Waals surface area contributed by atoms with Crippen LogP contribution >= 0.6 is 0 Å². The normalized spacial score (nSPS) is 13.8. The predicted octanol–water partition coefficient (Wildman–Crippen LogP) is 3.12. The number of benzene rings is 2. The van der Waals surface area contributed by atoms with Crippen molar-refractivity contribution in [3.8, 4) is 0 Å². The molecule has 0 aliphatic carbocycles. The van der Waals surface area contributed by atoms with Gasteiger partial charge in [0, 0.05) is 6.54 Å². The van der Waals surface area contributed by atoms with Crippen LogP contribution in [0.2, 0.25) is 0 Å². The fraction of sp³-hybridized carbons (Fsp3) is 0.333. The van der Waals surface area contributed by atoms with Gasteiger partial charge in [-0.2, -0.15) is 0 Å². The van der Waals surface area contributed by atoms with E-state index in [1.807, 2.05) is 30.3 Å². The first kappa shape index (κ1) is 22.2. The Bertz CT molecular complexity index is 936. The lowest BCUT2D eigenvalue weighted by Gasteiger charge is -2.21. The molecule has 0 bridgehead atoms. The minimum Gasteiger partial charge on any atom is -0.456 e. The van der Waals surface area contributed by atoms with E-state index in [9.17, 15) is 19.2 Å². The maximum Gasteiger partial charge on any atom is 0.308 e. The number of imide groups is 1. The van der Waals surface area contributed by atoms with Crippen molar-refractivity contribution in [3.05, 3.63) is 71.3 Å². The quantitative estimate of drug-likeness (QED) is 0.495. The molecule has 162 valence electrons. The molecule has 2 aromatic carbocycles. The summed E-state index contributed by atoms with van der Waals surface area (Å²) < 4.78 is 5.05. The Balaban J connectivity index is 1.47. The molecule has 7 heteroatoms. The summed E-state index contributed by atoms with van der Waals surface area (Å²) in [6, 6.07) is 16.0. The van der Waals surface area contributed by atoms with Crippen LogP contribution in [-0.4, -0.2) is 41.7 Å². The van der Waals surface area contributed by atoms with Crippen molar-refractivity contribution in [2.45, 2.75) is 32.7 Å². The van der Waals surface area contributed by atoms with Crippen LogP contribution in [0.3, 0.4) is 0 Å². The molecule has 1 heterocycles. The van der Waals surface area contributed by atoms with Gasteiger partial charge in [-0.1, -0.05) is 56.3 Å². The molecule has 3 amide bonds. The Kier molecular flexibility index (Phi) is 7.18. The summed E-state index contributed by atoms with van der Waals surface area (Å²) in [5.74, 6) is -1.53. The maximum absolute atomic E-state index is 12.3. The monoisotopic (exact) mass is 422 g/mol. The largest absolute Gasteiger partial charge is 0.456 e. The van der Waals surface area contributed by atoms with Gasteiger partial charge in [-0.05, 0) is 30.0 Å². The average Bonchev–Trinajstić information content (AvgIpc) is 3.01. The van der Waals surface area contributed by atoms with Gasteiger partial charge in [-0.3, -0.25) is 24.1 Å². The molecule has 0 saturated carbocycles. The third kappa shape index (κ3) is 5.57. The molecule has 0 radical (unpaired) electrons. The molecule has 0 saturated heterocycles. The van der Waals surface area contributed by atoms with E-state index in [4.69, 9.17) is 4.74 Å². The number of esters is 1. The highest BCUT2D eigenvalue weighted by atomic mass is 16.5. The van der Waals surface area contributed by atoms with Crippen molar-refractivity contribution in [1.29, 1.82) is 0 Å². The van der Waals surface area contributed by atoms with E-state index in [0.29, 0.717) is 17.0 Å². The summed E-state index contributed by atoms with van der Waals surface area (Å²) in [4.78, 5) is 50.1. The second kappa shape index (κ2) is 10.0. The van der Waals surface area contributed by atoms with Gasteiger partial charge >= 0.3 is 5.97 Å². The first-order chi connectivity index (χ1) is 14.9. The zero-order valence-corrected chi connectivity index (χ0v) is 17.7. The van der Waals surface area contributed by atoms with E-state index < -0.39 is 30.3 Å². The van der Waals surface area contributed by atoms with Gasteiger partial charge in [0.05, 0.1) is 23.6 Å². The van der Waals surface area contributed by atoms with Crippen LogP contribution in [0.4, 0.5) is 0 Å². The molecule has 2 aromatic rings. The van der Waals surface area contributed by atoms with Crippen molar-refractivity contribution < 1.29 is 23.9 Å². The fourth-order valence-electron chi connectivity index (χ4n) is 3.53. The van der Waals surface area contributed by atoms with E-state index in [1.165, 1.54) is 0 Å². The lowest BCUT2D eigenvalue weighted by Crippen LogP contribution is -2.34. The third-order valence-electron chi connectivity index (χ3n) is 5.03. The number of ether oxygens (including phenoxy) is 1. The van der Waals surface area contributed by atoms with Crippen LogP contribution in [0.25, 0.3) is 0 Å². The molecule has 1 aliphatic heterocycles. The second-order valence-electron chi connectivity index (χ2n) is 7.88. The fourth-order valence-corrected chi connectivity index (χ4v) is 3.53. The number of fused-ring (bicyclic) bond motifs is 1. The topological polar surface area (TPSA) is 92.8 Å². The average molecular weight is 422 g/mol. The predicted molar refractivity (Wildman–Crippen MR) is 114 cm³/mol. The van der Waals surface area contributed by atoms with Gasteiger partial charge in [0.1, 0.15) is 0 Å². The molecule has 1 N–H and O–H groups in total. The van der Waals surface area contributed by atoms with E-state index in [0.717, 1.165) is 16.9 Å². The molecule has 0 aromatic heterocycles. The smallest absolute Gasteiger partial charge is 0.308 e. The molecule has 1 aliphatic rings. The van der Waals surface area contributed by atoms with E-state index >= 15 is 0 Å². The number of amides is 3. The van der Waals surface area contributed by atoms with Crippen molar-refractivity contribution in [3.63, 3.8) is 0 Å². The SMILES string of the molecule is CC(C)C[C@H](NC(=O)COC(=O)CCN1C(=O)c2ccccc2C1=O)c1ccccc1. The summed E-state index contributed by atoms with van der Waals surface area (Å²) in [6.45, 7) is 3.64. The standard InChI is InChI=1S/C24H26N2O5/c1-16(2)14-20(17-8-4-3-5-9-17)25-21(27)15-31-22(28)12-13-26-23(29)18-10-6-7-11-19(18)24(26)30/h3-11,16,20H,12-15H2,1-2H3,(H,25,27)/t20-/m0/s1. The van der Waals surface area contributed by atoms with Crippen LogP contribution in [0.1, 0.15) is 59.0 Å². The number of nitrogens with one attached hydrogen (secondary N) is 1. The van der Waals surface area contributed by atoms with Crippen LogP contribution in [0.5, 0.6) is 0 Å². The van der Waals surface area contributed by atoms with Gasteiger partial charge in [0.2, 0.25) is 0 Å². The van der Waals surface area contributed by atoms with Gasteiger partial charge in [0.15, 0.2) is 6.61 Å². The Hall–Kier alpha value is -3.48. The lowest BCUT2D eigenvalue weighted by molar-refractivity contribution is -0.148. The van der Waals surface area contributed by atoms with Gasteiger partial charge in [-0.25, -0.2) is 0 Å². The minimum atomic E-state index is -0.646. The van der Waals surface area contributed by atoms with Gasteiger partial charge < -0.3 is 10.1 Å². The number of nitrogens with zero attached hydrogens (tertiary/aromatic N) is 1. The molecule has 31 heavy (non-hydrogen) atoms. The maximum atomic E-state index is 12.3. The molecular weight excluding hydrogens is 396 g/mol. The minimum absolute atomic E-state index is 0.0905. The Labute approximate surface area is 181 Å². The van der Waals surface area contributed by atoms with Crippen molar-refractivity contribution >= 4 is 23.7 Å². The Morgan fingerprint density at radius 2 is 1.52 bits per heavy atom. The number of hydrogen-bond donors (Lipinski definition) is 1. The van der Waals surface area contributed by atoms with Crippen molar-refractivity contribution in [2.24, 2.45) is 5.92 Å². The third-order valence-corrected chi connectivity index (χ3v) is 5.03. The number of carbonyl (C=O) groups excluding carboxylic acids is 4. The summed E-state index contributed by atoms with van der Waals surface area (Å²) in [5, 5.41) is 2.91. The highest BCUT2D eigenvalue weighted by Gasteiger charge is 2.35. The highest BCUT2D eigenvalue weighted by Crippen LogP contribution is 2.23. The highest BCUT2D eigenvalue weighted by molar-refractivity contribution is 6.21. The number of carbonyl (C=O) groups is 4. The van der Waals surface area contributed by atoms with Crippen LogP contribution in [0.15, 0.2) is 54.6 Å². The van der Waals surface area contributed by atoms with E-state index in [1.54, 1.807) is 24.3 Å². The van der Waals surface area contributed by atoms with Crippen LogP contribution in [-0.2, 0) is 14.3 Å². The zero-order chi connectivity index (χ0) is 22.4. The second-order valence-corrected chi connectivity index (χ2v) is 7.88. The summed E-state index contributed by atoms with van der Waals surface area (Å²) in [7, 11) is 0. The van der Waals surface area contributed by atoms with Gasteiger partial charge in [0.25, 0.3) is 17.7 Å². The van der Waals surface area contributed by atoms with Gasteiger partial charge in [-0.15, -0.1) is 0 Å². The number of rotatable bonds is 9.